The van der Waals surface area contributed by atoms with E-state index in [-0.39, 0.29) is 29.1 Å². The van der Waals surface area contributed by atoms with Gasteiger partial charge in [-0.3, -0.25) is 14.5 Å². The fraction of sp³-hybridized carbons (Fsp3) is 0.553. The molecule has 2 aromatic heterocycles. The second-order valence-electron chi connectivity index (χ2n) is 14.8. The molecule has 2 aliphatic rings. The van der Waals surface area contributed by atoms with E-state index in [4.69, 9.17) is 9.47 Å². The maximum absolute atomic E-state index is 14.4. The molecule has 1 aliphatic carbocycles. The van der Waals surface area contributed by atoms with Gasteiger partial charge in [-0.2, -0.15) is 0 Å². The molecule has 0 spiro atoms. The number of carboxylic acid groups (broad SMARTS) is 1. The molecule has 5 rings (SSSR count). The van der Waals surface area contributed by atoms with Crippen molar-refractivity contribution in [1.82, 2.24) is 15.0 Å². The molecule has 1 amide bonds. The number of aliphatic carboxylic acids is 1. The molecule has 3 aromatic rings. The molecule has 0 bridgehead atoms. The van der Waals surface area contributed by atoms with Crippen molar-refractivity contribution in [2.45, 2.75) is 86.0 Å². The van der Waals surface area contributed by atoms with Crippen LogP contribution in [-0.4, -0.2) is 65.3 Å². The molecule has 258 valence electrons. The van der Waals surface area contributed by atoms with E-state index in [2.05, 4.69) is 47.5 Å². The van der Waals surface area contributed by atoms with Crippen molar-refractivity contribution >= 4 is 23.5 Å². The number of benzene rings is 1. The molecule has 48 heavy (non-hydrogen) atoms. The molecular weight excluding hydrogens is 606 g/mol. The molecular formula is C38H51N5O5. The van der Waals surface area contributed by atoms with Crippen LogP contribution < -0.4 is 19.3 Å². The third-order valence-electron chi connectivity index (χ3n) is 9.82. The van der Waals surface area contributed by atoms with Crippen molar-refractivity contribution in [2.75, 3.05) is 43.2 Å². The van der Waals surface area contributed by atoms with E-state index in [1.165, 1.54) is 0 Å². The minimum absolute atomic E-state index is 0.0332. The minimum atomic E-state index is -0.771. The topological polar surface area (TPSA) is 118 Å². The maximum atomic E-state index is 14.4. The highest BCUT2D eigenvalue weighted by Crippen LogP contribution is 2.59. The summed E-state index contributed by atoms with van der Waals surface area (Å²) in [6, 6.07) is 11.4. The van der Waals surface area contributed by atoms with Gasteiger partial charge in [0, 0.05) is 55.3 Å². The summed E-state index contributed by atoms with van der Waals surface area (Å²) in [6.45, 7) is 14.8. The largest absolute Gasteiger partial charge is 0.497 e. The van der Waals surface area contributed by atoms with Gasteiger partial charge < -0.3 is 19.5 Å². The average Bonchev–Trinajstić information content (AvgIpc) is 3.85. The van der Waals surface area contributed by atoms with Gasteiger partial charge in [0.2, 0.25) is 11.8 Å². The molecule has 1 atom stereocenters. The summed E-state index contributed by atoms with van der Waals surface area (Å²) in [5, 5.41) is 9.61. The third-order valence-corrected chi connectivity index (χ3v) is 9.82. The van der Waals surface area contributed by atoms with Gasteiger partial charge in [-0.25, -0.2) is 15.0 Å². The molecule has 10 heteroatoms. The standard InChI is InChI=1S/C38H51N5O5/c1-8-38(14-15-38)31(22-34(44)45)28-11-16-39-33(20-28)48-23-27-12-17-42(18-13-27)32-21-29(47-7)9-10-30(32)35(46)43(24-37(4,5)6)36-40-25(2)19-26(3)41-36/h9-11,16,19-21,27,31H,8,12-15,17-18,22-24H2,1-7H3,(H,44,45)/t31-/m1/s1. The molecule has 10 nitrogen and oxygen atoms in total. The van der Waals surface area contributed by atoms with Crippen LogP contribution in [0.15, 0.2) is 42.6 Å². The SMILES string of the molecule is CCC1([C@H](CC(=O)O)c2ccnc(OCC3CCN(c4cc(OC)ccc4C(=O)N(CC(C)(C)C)c4nc(C)cc(C)n4)CC3)c2)CC1. The zero-order valence-electron chi connectivity index (χ0n) is 29.6. The average molecular weight is 658 g/mol. The fourth-order valence-electron chi connectivity index (χ4n) is 7.00. The van der Waals surface area contributed by atoms with Gasteiger partial charge >= 0.3 is 5.97 Å². The molecule has 3 heterocycles. The highest BCUT2D eigenvalue weighted by atomic mass is 16.5. The van der Waals surface area contributed by atoms with Gasteiger partial charge in [0.1, 0.15) is 5.75 Å². The predicted molar refractivity (Wildman–Crippen MR) is 187 cm³/mol. The second-order valence-corrected chi connectivity index (χ2v) is 14.8. The Morgan fingerprint density at radius 3 is 2.33 bits per heavy atom. The summed E-state index contributed by atoms with van der Waals surface area (Å²) < 4.78 is 11.8. The summed E-state index contributed by atoms with van der Waals surface area (Å²) in [6.07, 6.45) is 6.72. The van der Waals surface area contributed by atoms with Gasteiger partial charge in [0.05, 0.1) is 31.4 Å². The Bertz CT molecular complexity index is 1590. The smallest absolute Gasteiger partial charge is 0.303 e. The van der Waals surface area contributed by atoms with Crippen LogP contribution in [0.25, 0.3) is 0 Å². The number of carbonyl (C=O) groups excluding carboxylic acids is 1. The lowest BCUT2D eigenvalue weighted by Gasteiger charge is -2.35. The zero-order valence-corrected chi connectivity index (χ0v) is 29.6. The van der Waals surface area contributed by atoms with Crippen molar-refractivity contribution < 1.29 is 24.2 Å². The first-order chi connectivity index (χ1) is 22.8. The summed E-state index contributed by atoms with van der Waals surface area (Å²) in [4.78, 5) is 43.8. The van der Waals surface area contributed by atoms with Crippen molar-refractivity contribution in [3.63, 3.8) is 0 Å². The number of carbonyl (C=O) groups is 2. The Morgan fingerprint density at radius 1 is 1.06 bits per heavy atom. The summed E-state index contributed by atoms with van der Waals surface area (Å²) >= 11 is 0. The lowest BCUT2D eigenvalue weighted by Crippen LogP contribution is -2.41. The number of aryl methyl sites for hydroxylation is 2. The molecule has 1 aliphatic heterocycles. The number of rotatable bonds is 13. The van der Waals surface area contributed by atoms with Crippen molar-refractivity contribution in [3.05, 3.63) is 65.1 Å². The lowest BCUT2D eigenvalue weighted by atomic mass is 9.79. The summed E-state index contributed by atoms with van der Waals surface area (Å²) in [7, 11) is 1.64. The van der Waals surface area contributed by atoms with Crippen molar-refractivity contribution in [3.8, 4) is 11.6 Å². The Labute approximate surface area is 284 Å². The molecule has 2 fully saturated rings. The van der Waals surface area contributed by atoms with Crippen molar-refractivity contribution in [1.29, 1.82) is 0 Å². The van der Waals surface area contributed by atoms with Gasteiger partial charge in [0.15, 0.2) is 0 Å². The first kappa shape index (κ1) is 35.1. The van der Waals surface area contributed by atoms with Crippen LogP contribution >= 0.6 is 0 Å². The number of pyridine rings is 1. The Kier molecular flexibility index (Phi) is 10.6. The Morgan fingerprint density at radius 2 is 1.75 bits per heavy atom. The Hall–Kier alpha value is -4.21. The molecule has 0 unspecified atom stereocenters. The van der Waals surface area contributed by atoms with Crippen LogP contribution in [0.5, 0.6) is 11.6 Å². The van der Waals surface area contributed by atoms with Crippen LogP contribution in [-0.2, 0) is 4.79 Å². The van der Waals surface area contributed by atoms with Crippen LogP contribution in [0.1, 0.15) is 99.4 Å². The van der Waals surface area contributed by atoms with Gasteiger partial charge in [-0.1, -0.05) is 27.7 Å². The van der Waals surface area contributed by atoms with Crippen molar-refractivity contribution in [2.24, 2.45) is 16.7 Å². The van der Waals surface area contributed by atoms with Crippen LogP contribution in [0.4, 0.5) is 11.6 Å². The van der Waals surface area contributed by atoms with E-state index in [0.717, 1.165) is 67.8 Å². The van der Waals surface area contributed by atoms with E-state index in [1.807, 2.05) is 50.2 Å². The molecule has 1 aromatic carbocycles. The third kappa shape index (κ3) is 8.44. The normalized spacial score (nSPS) is 16.7. The number of carboxylic acids is 1. The number of hydrogen-bond donors (Lipinski definition) is 1. The molecule has 1 saturated heterocycles. The van der Waals surface area contributed by atoms with Crippen LogP contribution in [0, 0.1) is 30.6 Å². The molecule has 1 N–H and O–H groups in total. The first-order valence-electron chi connectivity index (χ1n) is 17.2. The number of methoxy groups -OCH3 is 1. The van der Waals surface area contributed by atoms with E-state index >= 15 is 0 Å². The number of amides is 1. The lowest BCUT2D eigenvalue weighted by molar-refractivity contribution is -0.137. The first-order valence-corrected chi connectivity index (χ1v) is 17.2. The highest BCUT2D eigenvalue weighted by Gasteiger charge is 2.48. The fourth-order valence-corrected chi connectivity index (χ4v) is 7.00. The molecule has 1 saturated carbocycles. The van der Waals surface area contributed by atoms with Gasteiger partial charge in [0.25, 0.3) is 5.91 Å². The zero-order chi connectivity index (χ0) is 34.6. The number of aromatic nitrogens is 3. The maximum Gasteiger partial charge on any atom is 0.303 e. The van der Waals surface area contributed by atoms with E-state index < -0.39 is 5.97 Å². The number of nitrogens with zero attached hydrogens (tertiary/aromatic N) is 5. The highest BCUT2D eigenvalue weighted by molar-refractivity contribution is 6.09. The van der Waals surface area contributed by atoms with E-state index in [1.54, 1.807) is 18.2 Å². The minimum Gasteiger partial charge on any atom is -0.497 e. The number of ether oxygens (including phenoxy) is 2. The number of anilines is 2. The number of piperidine rings is 1. The Balaban J connectivity index is 1.29. The monoisotopic (exact) mass is 657 g/mol. The number of hydrogen-bond acceptors (Lipinski definition) is 8. The summed E-state index contributed by atoms with van der Waals surface area (Å²) in [5.74, 6) is 1.03. The van der Waals surface area contributed by atoms with E-state index in [9.17, 15) is 14.7 Å². The quantitative estimate of drug-likeness (QED) is 0.203. The van der Waals surface area contributed by atoms with Crippen LogP contribution in [0.2, 0.25) is 0 Å². The molecule has 0 radical (unpaired) electrons. The van der Waals surface area contributed by atoms with Crippen LogP contribution in [0.3, 0.4) is 0 Å². The van der Waals surface area contributed by atoms with E-state index in [0.29, 0.717) is 42.2 Å². The second kappa shape index (κ2) is 14.5. The summed E-state index contributed by atoms with van der Waals surface area (Å²) in [5.41, 5.74) is 3.96. The van der Waals surface area contributed by atoms with Gasteiger partial charge in [-0.05, 0) is 92.5 Å². The van der Waals surface area contributed by atoms with Gasteiger partial charge in [-0.15, -0.1) is 0 Å². The predicted octanol–water partition coefficient (Wildman–Crippen LogP) is 7.23.